The third-order valence-corrected chi connectivity index (χ3v) is 3.61. The van der Waals surface area contributed by atoms with Gasteiger partial charge < -0.3 is 9.80 Å². The van der Waals surface area contributed by atoms with Crippen LogP contribution in [0.25, 0.3) is 11.4 Å². The van der Waals surface area contributed by atoms with Crippen LogP contribution >= 0.6 is 0 Å². The lowest BCUT2D eigenvalue weighted by Gasteiger charge is -2.24. The number of nitrogens with zero attached hydrogens (tertiary/aromatic N) is 5. The quantitative estimate of drug-likeness (QED) is 0.577. The van der Waals surface area contributed by atoms with Gasteiger partial charge in [0.2, 0.25) is 11.9 Å². The first kappa shape index (κ1) is 19.1. The van der Waals surface area contributed by atoms with Crippen LogP contribution in [0.3, 0.4) is 0 Å². The Balaban J connectivity index is 2.57. The van der Waals surface area contributed by atoms with Gasteiger partial charge in [0.05, 0.1) is 0 Å². The Hall–Kier alpha value is -3.21. The molecule has 1 aromatic heterocycles. The van der Waals surface area contributed by atoms with Crippen LogP contribution < -0.4 is 9.80 Å². The number of hydrogen-bond donors (Lipinski definition) is 0. The molecular formula is C21H25N5. The number of rotatable bonds is 11. The summed E-state index contributed by atoms with van der Waals surface area (Å²) >= 11 is 0. The summed E-state index contributed by atoms with van der Waals surface area (Å²) in [5.41, 5.74) is 0.937. The maximum Gasteiger partial charge on any atom is 0.231 e. The summed E-state index contributed by atoms with van der Waals surface area (Å²) < 4.78 is 0. The van der Waals surface area contributed by atoms with Crippen molar-refractivity contribution in [2.24, 2.45) is 0 Å². The molecular weight excluding hydrogens is 322 g/mol. The van der Waals surface area contributed by atoms with Gasteiger partial charge in [0.15, 0.2) is 5.82 Å². The van der Waals surface area contributed by atoms with Crippen LogP contribution in [-0.4, -0.2) is 41.1 Å². The zero-order chi connectivity index (χ0) is 18.8. The van der Waals surface area contributed by atoms with Gasteiger partial charge in [-0.25, -0.2) is 0 Å². The first-order valence-electron chi connectivity index (χ1n) is 8.48. The van der Waals surface area contributed by atoms with Crippen molar-refractivity contribution < 1.29 is 0 Å². The Labute approximate surface area is 155 Å². The van der Waals surface area contributed by atoms with E-state index in [0.717, 1.165) is 5.56 Å². The molecule has 0 saturated heterocycles. The van der Waals surface area contributed by atoms with E-state index in [4.69, 9.17) is 0 Å². The maximum absolute atomic E-state index is 4.67. The predicted octanol–water partition coefficient (Wildman–Crippen LogP) is 3.90. The third kappa shape index (κ3) is 4.89. The largest absolute Gasteiger partial charge is 0.333 e. The molecule has 0 atom stereocenters. The van der Waals surface area contributed by atoms with Crippen molar-refractivity contribution in [1.82, 2.24) is 15.0 Å². The summed E-state index contributed by atoms with van der Waals surface area (Å²) in [5.74, 6) is 1.81. The molecule has 0 radical (unpaired) electrons. The minimum absolute atomic E-state index is 0.590. The number of anilines is 2. The van der Waals surface area contributed by atoms with Gasteiger partial charge >= 0.3 is 0 Å². The molecule has 26 heavy (non-hydrogen) atoms. The van der Waals surface area contributed by atoms with E-state index in [9.17, 15) is 0 Å². The zero-order valence-corrected chi connectivity index (χ0v) is 15.1. The normalized spacial score (nSPS) is 10.0. The number of benzene rings is 1. The Kier molecular flexibility index (Phi) is 7.31. The molecule has 0 saturated carbocycles. The van der Waals surface area contributed by atoms with Crippen molar-refractivity contribution in [3.05, 3.63) is 81.0 Å². The van der Waals surface area contributed by atoms with Crippen molar-refractivity contribution >= 4 is 11.9 Å². The molecule has 134 valence electrons. The molecule has 1 heterocycles. The van der Waals surface area contributed by atoms with E-state index in [1.165, 1.54) is 0 Å². The minimum atomic E-state index is 0.590. The highest BCUT2D eigenvalue weighted by Gasteiger charge is 2.16. The molecule has 0 aliphatic rings. The summed E-state index contributed by atoms with van der Waals surface area (Å²) in [4.78, 5) is 18.0. The standard InChI is InChI=1S/C21H25N5/c1-5-14-25(15-6-2)20-22-19(18-12-10-9-11-13-18)23-21(24-20)26(16-7-3)17-8-4/h5-13H,1-4,14-17H2. The number of hydrogen-bond acceptors (Lipinski definition) is 5. The predicted molar refractivity (Wildman–Crippen MR) is 110 cm³/mol. The van der Waals surface area contributed by atoms with E-state index in [1.807, 2.05) is 64.4 Å². The summed E-state index contributed by atoms with van der Waals surface area (Å²) in [6.45, 7) is 17.8. The van der Waals surface area contributed by atoms with Crippen molar-refractivity contribution in [2.75, 3.05) is 36.0 Å². The van der Waals surface area contributed by atoms with Gasteiger partial charge in [-0.1, -0.05) is 54.6 Å². The van der Waals surface area contributed by atoms with Gasteiger partial charge in [0.25, 0.3) is 0 Å². The van der Waals surface area contributed by atoms with Gasteiger partial charge in [0, 0.05) is 31.7 Å². The van der Waals surface area contributed by atoms with Crippen molar-refractivity contribution in [1.29, 1.82) is 0 Å². The van der Waals surface area contributed by atoms with Gasteiger partial charge in [-0.05, 0) is 0 Å². The molecule has 0 amide bonds. The molecule has 5 heteroatoms. The van der Waals surface area contributed by atoms with Gasteiger partial charge in [0.1, 0.15) is 0 Å². The van der Waals surface area contributed by atoms with E-state index >= 15 is 0 Å². The molecule has 0 bridgehead atoms. The molecule has 2 rings (SSSR count). The maximum atomic E-state index is 4.67. The van der Waals surface area contributed by atoms with Gasteiger partial charge in [-0.15, -0.1) is 26.3 Å². The Morgan fingerprint density at radius 3 is 1.46 bits per heavy atom. The molecule has 1 aromatic carbocycles. The lowest BCUT2D eigenvalue weighted by molar-refractivity contribution is 0.834. The van der Waals surface area contributed by atoms with Crippen molar-refractivity contribution in [3.63, 3.8) is 0 Å². The summed E-state index contributed by atoms with van der Waals surface area (Å²) in [7, 11) is 0. The van der Waals surface area contributed by atoms with Crippen molar-refractivity contribution in [3.8, 4) is 11.4 Å². The lowest BCUT2D eigenvalue weighted by Crippen LogP contribution is -2.29. The first-order chi connectivity index (χ1) is 12.7. The molecule has 2 aromatic rings. The number of aromatic nitrogens is 3. The van der Waals surface area contributed by atoms with Crippen LogP contribution in [-0.2, 0) is 0 Å². The molecule has 0 unspecified atom stereocenters. The van der Waals surface area contributed by atoms with Gasteiger partial charge in [-0.2, -0.15) is 15.0 Å². The SMILES string of the molecule is C=CCN(CC=C)c1nc(-c2ccccc2)nc(N(CC=C)CC=C)n1. The summed E-state index contributed by atoms with van der Waals surface area (Å²) in [5, 5.41) is 0. The van der Waals surface area contributed by atoms with Crippen LogP contribution in [0.15, 0.2) is 81.0 Å². The second-order valence-corrected chi connectivity index (χ2v) is 5.59. The van der Waals surface area contributed by atoms with E-state index in [2.05, 4.69) is 41.3 Å². The highest BCUT2D eigenvalue weighted by Crippen LogP contribution is 2.21. The lowest BCUT2D eigenvalue weighted by atomic mass is 10.2. The second kappa shape index (κ2) is 9.93. The second-order valence-electron chi connectivity index (χ2n) is 5.59. The molecule has 0 N–H and O–H groups in total. The minimum Gasteiger partial charge on any atom is -0.333 e. The molecule has 0 aliphatic carbocycles. The fourth-order valence-corrected chi connectivity index (χ4v) is 2.45. The van der Waals surface area contributed by atoms with Gasteiger partial charge in [-0.3, -0.25) is 0 Å². The molecule has 0 aliphatic heterocycles. The Morgan fingerprint density at radius 2 is 1.08 bits per heavy atom. The third-order valence-electron chi connectivity index (χ3n) is 3.61. The zero-order valence-electron chi connectivity index (χ0n) is 15.1. The highest BCUT2D eigenvalue weighted by molar-refractivity contribution is 5.58. The fourth-order valence-electron chi connectivity index (χ4n) is 2.45. The van der Waals surface area contributed by atoms with Crippen LogP contribution in [0.1, 0.15) is 0 Å². The van der Waals surface area contributed by atoms with E-state index in [-0.39, 0.29) is 0 Å². The average molecular weight is 347 g/mol. The monoisotopic (exact) mass is 347 g/mol. The Bertz CT molecular complexity index is 692. The van der Waals surface area contributed by atoms with Crippen LogP contribution in [0.4, 0.5) is 11.9 Å². The summed E-state index contributed by atoms with van der Waals surface area (Å²) in [6, 6.07) is 9.87. The smallest absolute Gasteiger partial charge is 0.231 e. The topological polar surface area (TPSA) is 45.2 Å². The molecule has 5 nitrogen and oxygen atoms in total. The average Bonchev–Trinajstić information content (AvgIpc) is 2.68. The first-order valence-corrected chi connectivity index (χ1v) is 8.48. The van der Waals surface area contributed by atoms with Crippen LogP contribution in [0.2, 0.25) is 0 Å². The van der Waals surface area contributed by atoms with Crippen molar-refractivity contribution in [2.45, 2.75) is 0 Å². The van der Waals surface area contributed by atoms with E-state index in [1.54, 1.807) is 0 Å². The Morgan fingerprint density at radius 1 is 0.654 bits per heavy atom. The van der Waals surface area contributed by atoms with Crippen LogP contribution in [0.5, 0.6) is 0 Å². The van der Waals surface area contributed by atoms with Crippen LogP contribution in [0, 0.1) is 0 Å². The molecule has 0 spiro atoms. The van der Waals surface area contributed by atoms with E-state index in [0.29, 0.717) is 43.9 Å². The highest BCUT2D eigenvalue weighted by atomic mass is 15.3. The fraction of sp³-hybridized carbons (Fsp3) is 0.190. The summed E-state index contributed by atoms with van der Waals surface area (Å²) in [6.07, 6.45) is 7.28. The molecule has 0 fully saturated rings. The van der Waals surface area contributed by atoms with E-state index < -0.39 is 0 Å².